The Hall–Kier alpha value is -2.45. The number of aromatic nitrogens is 2. The van der Waals surface area contributed by atoms with Crippen molar-refractivity contribution in [2.24, 2.45) is 0 Å². The van der Waals surface area contributed by atoms with Gasteiger partial charge in [-0.2, -0.15) is 4.98 Å². The first-order chi connectivity index (χ1) is 12.6. The highest BCUT2D eigenvalue weighted by Gasteiger charge is 2.25. The fourth-order valence-electron chi connectivity index (χ4n) is 3.14. The molecule has 1 aliphatic heterocycles. The third-order valence-electron chi connectivity index (χ3n) is 4.50. The molecule has 0 spiro atoms. The fraction of sp³-hybridized carbons (Fsp3) is 0.389. The molecule has 4 rings (SSSR count). The molecule has 26 heavy (non-hydrogen) atoms. The number of furan rings is 1. The third kappa shape index (κ3) is 3.42. The molecular formula is C18H20N4O3S. The van der Waals surface area contributed by atoms with Gasteiger partial charge < -0.3 is 13.8 Å². The molecule has 7 nitrogen and oxygen atoms in total. The Bertz CT molecular complexity index is 892. The number of aryl methyl sites for hydroxylation is 2. The maximum Gasteiger partial charge on any atom is 0.268 e. The van der Waals surface area contributed by atoms with E-state index < -0.39 is 0 Å². The van der Waals surface area contributed by atoms with E-state index in [4.69, 9.17) is 8.94 Å². The van der Waals surface area contributed by atoms with Crippen LogP contribution in [0.25, 0.3) is 10.8 Å². The van der Waals surface area contributed by atoms with E-state index in [2.05, 4.69) is 15.0 Å². The van der Waals surface area contributed by atoms with Gasteiger partial charge in [0.2, 0.25) is 0 Å². The van der Waals surface area contributed by atoms with E-state index >= 15 is 0 Å². The second kappa shape index (κ2) is 7.05. The molecule has 0 bridgehead atoms. The van der Waals surface area contributed by atoms with Crippen LogP contribution in [0.5, 0.6) is 0 Å². The van der Waals surface area contributed by atoms with Gasteiger partial charge in [-0.05, 0) is 31.4 Å². The van der Waals surface area contributed by atoms with Crippen molar-refractivity contribution in [2.45, 2.75) is 20.4 Å². The molecule has 0 N–H and O–H groups in total. The van der Waals surface area contributed by atoms with E-state index in [0.29, 0.717) is 42.7 Å². The van der Waals surface area contributed by atoms with Crippen LogP contribution >= 0.6 is 11.3 Å². The van der Waals surface area contributed by atoms with Crippen LogP contribution in [0.1, 0.15) is 27.7 Å². The number of piperazine rings is 1. The molecule has 0 atom stereocenters. The first-order valence-corrected chi connectivity index (χ1v) is 9.43. The zero-order valence-corrected chi connectivity index (χ0v) is 15.6. The van der Waals surface area contributed by atoms with E-state index in [1.54, 1.807) is 11.3 Å². The van der Waals surface area contributed by atoms with E-state index in [1.807, 2.05) is 42.3 Å². The number of rotatable bonds is 4. The molecule has 8 heteroatoms. The van der Waals surface area contributed by atoms with E-state index in [1.165, 1.54) is 0 Å². The second-order valence-electron chi connectivity index (χ2n) is 6.39. The Balaban J connectivity index is 1.34. The predicted octanol–water partition coefficient (Wildman–Crippen LogP) is 2.97. The molecule has 1 amide bonds. The van der Waals surface area contributed by atoms with Crippen molar-refractivity contribution in [2.75, 3.05) is 26.2 Å². The number of carbonyl (C=O) groups is 1. The first kappa shape index (κ1) is 17.0. The summed E-state index contributed by atoms with van der Waals surface area (Å²) in [6, 6.07) is 5.74. The fourth-order valence-corrected chi connectivity index (χ4v) is 3.79. The largest absolute Gasteiger partial charge is 0.466 e. The van der Waals surface area contributed by atoms with Crippen LogP contribution < -0.4 is 0 Å². The zero-order valence-electron chi connectivity index (χ0n) is 14.8. The Morgan fingerprint density at radius 3 is 2.73 bits per heavy atom. The van der Waals surface area contributed by atoms with Crippen molar-refractivity contribution < 1.29 is 13.7 Å². The minimum Gasteiger partial charge on any atom is -0.466 e. The zero-order chi connectivity index (χ0) is 18.1. The molecule has 4 heterocycles. The molecule has 0 radical (unpaired) electrons. The summed E-state index contributed by atoms with van der Waals surface area (Å²) in [5.41, 5.74) is 0.662. The quantitative estimate of drug-likeness (QED) is 0.701. The molecule has 0 aromatic carbocycles. The van der Waals surface area contributed by atoms with Gasteiger partial charge in [-0.3, -0.25) is 9.69 Å². The maximum atomic E-state index is 12.6. The van der Waals surface area contributed by atoms with Crippen molar-refractivity contribution >= 4 is 17.2 Å². The molecule has 1 fully saturated rings. The van der Waals surface area contributed by atoms with Crippen LogP contribution in [0.4, 0.5) is 0 Å². The van der Waals surface area contributed by atoms with Gasteiger partial charge in [0.1, 0.15) is 11.5 Å². The highest BCUT2D eigenvalue weighted by molar-refractivity contribution is 7.13. The van der Waals surface area contributed by atoms with Crippen molar-refractivity contribution in [1.82, 2.24) is 19.9 Å². The smallest absolute Gasteiger partial charge is 0.268 e. The summed E-state index contributed by atoms with van der Waals surface area (Å²) >= 11 is 1.58. The number of thiophene rings is 1. The van der Waals surface area contributed by atoms with Gasteiger partial charge in [-0.25, -0.2) is 0 Å². The van der Waals surface area contributed by atoms with E-state index in [9.17, 15) is 4.79 Å². The normalized spacial score (nSPS) is 15.5. The second-order valence-corrected chi connectivity index (χ2v) is 7.34. The first-order valence-electron chi connectivity index (χ1n) is 8.55. The van der Waals surface area contributed by atoms with Crippen LogP contribution in [0.3, 0.4) is 0 Å². The Morgan fingerprint density at radius 1 is 1.27 bits per heavy atom. The molecule has 136 valence electrons. The lowest BCUT2D eigenvalue weighted by Crippen LogP contribution is -2.48. The average Bonchev–Trinajstić information content (AvgIpc) is 3.36. The third-order valence-corrected chi connectivity index (χ3v) is 5.35. The number of carbonyl (C=O) groups excluding carboxylic acids is 1. The molecular weight excluding hydrogens is 352 g/mol. The molecule has 1 aliphatic rings. The molecule has 1 saturated heterocycles. The van der Waals surface area contributed by atoms with Crippen LogP contribution in [0, 0.1) is 13.8 Å². The molecule has 3 aromatic heterocycles. The van der Waals surface area contributed by atoms with Crippen LogP contribution in [0.15, 0.2) is 32.5 Å². The summed E-state index contributed by atoms with van der Waals surface area (Å²) in [7, 11) is 0. The molecule has 3 aromatic rings. The number of nitrogens with zero attached hydrogens (tertiary/aromatic N) is 4. The van der Waals surface area contributed by atoms with Gasteiger partial charge in [0.05, 0.1) is 17.0 Å². The van der Waals surface area contributed by atoms with Gasteiger partial charge in [0, 0.05) is 26.2 Å². The number of amides is 1. The minimum atomic E-state index is 0.0403. The molecule has 0 saturated carbocycles. The summed E-state index contributed by atoms with van der Waals surface area (Å²) in [5.74, 6) is 2.73. The molecule has 0 unspecified atom stereocenters. The summed E-state index contributed by atoms with van der Waals surface area (Å²) in [6.45, 7) is 7.24. The van der Waals surface area contributed by atoms with Crippen molar-refractivity contribution in [1.29, 1.82) is 0 Å². The average molecular weight is 372 g/mol. The summed E-state index contributed by atoms with van der Waals surface area (Å²) < 4.78 is 10.8. The van der Waals surface area contributed by atoms with Gasteiger partial charge in [-0.1, -0.05) is 11.2 Å². The van der Waals surface area contributed by atoms with Gasteiger partial charge in [0.25, 0.3) is 11.8 Å². The monoisotopic (exact) mass is 372 g/mol. The number of hydrogen-bond acceptors (Lipinski definition) is 7. The Labute approximate surface area is 155 Å². The summed E-state index contributed by atoms with van der Waals surface area (Å²) in [5, 5.41) is 6.05. The lowest BCUT2D eigenvalue weighted by atomic mass is 10.2. The van der Waals surface area contributed by atoms with E-state index in [-0.39, 0.29) is 5.91 Å². The standard InChI is InChI=1S/C18H20N4O3S/c1-12-10-14(13(2)24-12)18(23)22-7-5-21(6-8-22)11-16-19-17(25-20-16)15-4-3-9-26-15/h3-4,9-10H,5-8,11H2,1-2H3. The number of hydrogen-bond donors (Lipinski definition) is 0. The predicted molar refractivity (Wildman–Crippen MR) is 97.0 cm³/mol. The maximum absolute atomic E-state index is 12.6. The van der Waals surface area contributed by atoms with Crippen LogP contribution in [-0.2, 0) is 6.54 Å². The SMILES string of the molecule is Cc1cc(C(=O)N2CCN(Cc3noc(-c4cccs4)n3)CC2)c(C)o1. The summed E-state index contributed by atoms with van der Waals surface area (Å²) in [6.07, 6.45) is 0. The topological polar surface area (TPSA) is 75.6 Å². The van der Waals surface area contributed by atoms with Crippen LogP contribution in [0.2, 0.25) is 0 Å². The lowest BCUT2D eigenvalue weighted by Gasteiger charge is -2.33. The summed E-state index contributed by atoms with van der Waals surface area (Å²) in [4.78, 5) is 22.2. The van der Waals surface area contributed by atoms with Crippen LogP contribution in [-0.4, -0.2) is 52.0 Å². The lowest BCUT2D eigenvalue weighted by molar-refractivity contribution is 0.0622. The Morgan fingerprint density at radius 2 is 2.08 bits per heavy atom. The van der Waals surface area contributed by atoms with E-state index in [0.717, 1.165) is 23.7 Å². The highest BCUT2D eigenvalue weighted by Crippen LogP contribution is 2.23. The highest BCUT2D eigenvalue weighted by atomic mass is 32.1. The van der Waals surface area contributed by atoms with Crippen molar-refractivity contribution in [3.05, 3.63) is 46.5 Å². The molecule has 0 aliphatic carbocycles. The minimum absolute atomic E-state index is 0.0403. The Kier molecular flexibility index (Phi) is 4.60. The van der Waals surface area contributed by atoms with Gasteiger partial charge in [-0.15, -0.1) is 11.3 Å². The van der Waals surface area contributed by atoms with Crippen molar-refractivity contribution in [3.8, 4) is 10.8 Å². The van der Waals surface area contributed by atoms with Gasteiger partial charge >= 0.3 is 0 Å². The van der Waals surface area contributed by atoms with Gasteiger partial charge in [0.15, 0.2) is 5.82 Å². The van der Waals surface area contributed by atoms with Crippen molar-refractivity contribution in [3.63, 3.8) is 0 Å².